The second kappa shape index (κ2) is 7.75. The highest BCUT2D eigenvalue weighted by molar-refractivity contribution is 6.35. The highest BCUT2D eigenvalue weighted by Crippen LogP contribution is 2.37. The zero-order valence-corrected chi connectivity index (χ0v) is 16.3. The van der Waals surface area contributed by atoms with Crippen molar-refractivity contribution in [3.8, 4) is 5.75 Å². The molecule has 8 heteroatoms. The number of fused-ring (bicyclic) bond motifs is 1. The van der Waals surface area contributed by atoms with Crippen molar-refractivity contribution >= 4 is 29.2 Å². The number of nitrogens with zero attached hydrogens (tertiary/aromatic N) is 2. The van der Waals surface area contributed by atoms with Crippen molar-refractivity contribution in [2.45, 2.75) is 33.3 Å². The van der Waals surface area contributed by atoms with Crippen LogP contribution in [0.3, 0.4) is 0 Å². The Morgan fingerprint density at radius 1 is 1.28 bits per heavy atom. The summed E-state index contributed by atoms with van der Waals surface area (Å²) in [5.74, 6) is -2.12. The molecule has 0 aliphatic rings. The van der Waals surface area contributed by atoms with Gasteiger partial charge in [0.25, 0.3) is 0 Å². The van der Waals surface area contributed by atoms with Crippen molar-refractivity contribution in [2.75, 3.05) is 5.73 Å². The molecular formula is C21H21N3O5. The van der Waals surface area contributed by atoms with E-state index in [-0.39, 0.29) is 28.8 Å². The number of Topliss-reactive ketones (excluding diaryl/α,β-unsaturated/α-hetero) is 1. The molecule has 3 aromatic rings. The number of nitrogen functional groups attached to an aromatic ring is 1. The van der Waals surface area contributed by atoms with E-state index >= 15 is 0 Å². The molecule has 0 fully saturated rings. The number of hydrogen-bond donors (Lipinski definition) is 2. The molecule has 2 aromatic heterocycles. The smallest absolute Gasteiger partial charge is 0.344 e. The number of carbonyl (C=O) groups excluding carboxylic acids is 2. The standard InChI is InChI=1S/C21H21N3O5/c1-11-15(9-14-7-5-4-6-8-14)24-19(18(11)22)20(29-13(3)21(27)28)17(12(2)23-24)16(26)10-25/h4-8,10,13H,9,22H2,1-3H3,(H,27,28). The molecule has 1 aromatic carbocycles. The first kappa shape index (κ1) is 20.1. The average molecular weight is 395 g/mol. The molecule has 1 atom stereocenters. The number of aryl methyl sites for hydroxylation is 1. The predicted octanol–water partition coefficient (Wildman–Crippen LogP) is 2.36. The lowest BCUT2D eigenvalue weighted by Gasteiger charge is -2.17. The summed E-state index contributed by atoms with van der Waals surface area (Å²) >= 11 is 0. The minimum atomic E-state index is -1.26. The summed E-state index contributed by atoms with van der Waals surface area (Å²) < 4.78 is 7.17. The average Bonchev–Trinajstić information content (AvgIpc) is 2.92. The molecule has 0 saturated heterocycles. The molecule has 0 bridgehead atoms. The van der Waals surface area contributed by atoms with Gasteiger partial charge in [0, 0.05) is 6.42 Å². The minimum absolute atomic E-state index is 0.0515. The van der Waals surface area contributed by atoms with Crippen molar-refractivity contribution in [2.24, 2.45) is 0 Å². The first-order chi connectivity index (χ1) is 13.8. The second-order valence-corrected chi connectivity index (χ2v) is 6.78. The third kappa shape index (κ3) is 3.56. The fourth-order valence-corrected chi connectivity index (χ4v) is 3.24. The number of carbonyl (C=O) groups is 3. The number of aromatic nitrogens is 2. The number of carboxylic acid groups (broad SMARTS) is 1. The van der Waals surface area contributed by atoms with E-state index < -0.39 is 17.9 Å². The van der Waals surface area contributed by atoms with Crippen molar-refractivity contribution in [3.63, 3.8) is 0 Å². The Labute approximate surface area is 166 Å². The topological polar surface area (TPSA) is 124 Å². The number of ketones is 1. The third-order valence-electron chi connectivity index (χ3n) is 4.82. The predicted molar refractivity (Wildman–Crippen MR) is 106 cm³/mol. The van der Waals surface area contributed by atoms with Gasteiger partial charge in [-0.3, -0.25) is 9.59 Å². The van der Waals surface area contributed by atoms with Gasteiger partial charge in [0.2, 0.25) is 5.78 Å². The largest absolute Gasteiger partial charge is 0.479 e. The van der Waals surface area contributed by atoms with E-state index in [1.54, 1.807) is 11.4 Å². The Morgan fingerprint density at radius 3 is 2.52 bits per heavy atom. The summed E-state index contributed by atoms with van der Waals surface area (Å²) in [4.78, 5) is 34.8. The summed E-state index contributed by atoms with van der Waals surface area (Å²) in [6, 6.07) is 9.70. The number of ether oxygens (including phenoxy) is 1. The zero-order chi connectivity index (χ0) is 21.3. The van der Waals surface area contributed by atoms with Crippen LogP contribution in [0.15, 0.2) is 30.3 Å². The van der Waals surface area contributed by atoms with Gasteiger partial charge in [0.1, 0.15) is 5.52 Å². The zero-order valence-electron chi connectivity index (χ0n) is 16.3. The molecule has 0 aliphatic heterocycles. The van der Waals surface area contributed by atoms with Gasteiger partial charge in [-0.05, 0) is 31.9 Å². The van der Waals surface area contributed by atoms with E-state index in [2.05, 4.69) is 5.10 Å². The number of benzene rings is 1. The number of hydrogen-bond acceptors (Lipinski definition) is 6. The van der Waals surface area contributed by atoms with Gasteiger partial charge >= 0.3 is 5.97 Å². The van der Waals surface area contributed by atoms with Gasteiger partial charge in [-0.25, -0.2) is 9.31 Å². The van der Waals surface area contributed by atoms with Crippen molar-refractivity contribution in [1.82, 2.24) is 9.61 Å². The Balaban J connectivity index is 2.31. The Kier molecular flexibility index (Phi) is 5.36. The van der Waals surface area contributed by atoms with Gasteiger partial charge in [-0.15, -0.1) is 0 Å². The van der Waals surface area contributed by atoms with E-state index in [4.69, 9.17) is 10.5 Å². The number of carboxylic acids is 1. The fraction of sp³-hybridized carbons (Fsp3) is 0.238. The third-order valence-corrected chi connectivity index (χ3v) is 4.82. The summed E-state index contributed by atoms with van der Waals surface area (Å²) in [6.45, 7) is 4.72. The van der Waals surface area contributed by atoms with Crippen LogP contribution in [0.25, 0.3) is 5.52 Å². The van der Waals surface area contributed by atoms with Crippen molar-refractivity contribution in [3.05, 3.63) is 58.4 Å². The monoisotopic (exact) mass is 395 g/mol. The fourth-order valence-electron chi connectivity index (χ4n) is 3.24. The molecule has 29 heavy (non-hydrogen) atoms. The van der Waals surface area contributed by atoms with Crippen LogP contribution in [0.5, 0.6) is 5.75 Å². The lowest BCUT2D eigenvalue weighted by Crippen LogP contribution is -2.25. The molecular weight excluding hydrogens is 374 g/mol. The summed E-state index contributed by atoms with van der Waals surface area (Å²) in [7, 11) is 0. The van der Waals surface area contributed by atoms with Gasteiger partial charge in [-0.1, -0.05) is 30.3 Å². The normalized spacial score (nSPS) is 12.0. The van der Waals surface area contributed by atoms with Gasteiger partial charge in [0.15, 0.2) is 18.1 Å². The maximum Gasteiger partial charge on any atom is 0.344 e. The summed E-state index contributed by atoms with van der Waals surface area (Å²) in [5, 5.41) is 13.7. The molecule has 3 N–H and O–H groups in total. The molecule has 0 spiro atoms. The molecule has 0 aliphatic carbocycles. The number of nitrogens with two attached hydrogens (primary N) is 1. The van der Waals surface area contributed by atoms with Crippen LogP contribution in [0.2, 0.25) is 0 Å². The lowest BCUT2D eigenvalue weighted by atomic mass is 10.1. The van der Waals surface area contributed by atoms with Crippen molar-refractivity contribution in [1.29, 1.82) is 0 Å². The second-order valence-electron chi connectivity index (χ2n) is 6.78. The van der Waals surface area contributed by atoms with Crippen LogP contribution >= 0.6 is 0 Å². The quantitative estimate of drug-likeness (QED) is 0.357. The maximum absolute atomic E-state index is 12.3. The molecule has 8 nitrogen and oxygen atoms in total. The van der Waals surface area contributed by atoms with Crippen LogP contribution in [-0.4, -0.2) is 38.9 Å². The van der Waals surface area contributed by atoms with Crippen LogP contribution < -0.4 is 10.5 Å². The van der Waals surface area contributed by atoms with Crippen molar-refractivity contribution < 1.29 is 24.2 Å². The number of rotatable bonds is 7. The van der Waals surface area contributed by atoms with Crippen LogP contribution in [0.4, 0.5) is 5.69 Å². The van der Waals surface area contributed by atoms with Crippen LogP contribution in [0.1, 0.15) is 39.8 Å². The highest BCUT2D eigenvalue weighted by atomic mass is 16.5. The van der Waals surface area contributed by atoms with E-state index in [9.17, 15) is 19.5 Å². The molecule has 0 radical (unpaired) electrons. The van der Waals surface area contributed by atoms with Gasteiger partial charge < -0.3 is 15.6 Å². The molecule has 2 heterocycles. The SMILES string of the molecule is Cc1nn2c(Cc3ccccc3)c(C)c(N)c2c(OC(C)C(=O)O)c1C(=O)C=O. The first-order valence-corrected chi connectivity index (χ1v) is 8.99. The number of aldehydes is 1. The summed E-state index contributed by atoms with van der Waals surface area (Å²) in [5.41, 5.74) is 9.62. The van der Waals surface area contributed by atoms with E-state index in [1.807, 2.05) is 37.3 Å². The van der Waals surface area contributed by atoms with E-state index in [1.165, 1.54) is 6.92 Å². The minimum Gasteiger partial charge on any atom is -0.479 e. The Bertz CT molecular complexity index is 1120. The lowest BCUT2D eigenvalue weighted by molar-refractivity contribution is -0.144. The molecule has 1 unspecified atom stereocenters. The van der Waals surface area contributed by atoms with Crippen LogP contribution in [-0.2, 0) is 16.0 Å². The molecule has 3 rings (SSSR count). The van der Waals surface area contributed by atoms with E-state index in [0.29, 0.717) is 12.1 Å². The maximum atomic E-state index is 12.3. The first-order valence-electron chi connectivity index (χ1n) is 8.99. The molecule has 0 amide bonds. The van der Waals surface area contributed by atoms with Gasteiger partial charge in [-0.2, -0.15) is 5.10 Å². The summed E-state index contributed by atoms with van der Waals surface area (Å²) in [6.07, 6.45) is -0.590. The molecule has 0 saturated carbocycles. The van der Waals surface area contributed by atoms with Gasteiger partial charge in [0.05, 0.1) is 22.6 Å². The Morgan fingerprint density at radius 2 is 1.93 bits per heavy atom. The number of aliphatic carboxylic acids is 1. The number of anilines is 1. The van der Waals surface area contributed by atoms with Crippen LogP contribution in [0, 0.1) is 13.8 Å². The molecule has 150 valence electrons. The highest BCUT2D eigenvalue weighted by Gasteiger charge is 2.28. The van der Waals surface area contributed by atoms with E-state index in [0.717, 1.165) is 16.8 Å². The Hall–Kier alpha value is -3.68.